The van der Waals surface area contributed by atoms with Gasteiger partial charge in [-0.15, -0.1) is 0 Å². The van der Waals surface area contributed by atoms with Crippen LogP contribution in [0, 0.1) is 11.7 Å². The lowest BCUT2D eigenvalue weighted by molar-refractivity contribution is -0.120. The van der Waals surface area contributed by atoms with Gasteiger partial charge in [-0.25, -0.2) is 18.6 Å². The number of methoxy groups -OCH3 is 1. The summed E-state index contributed by atoms with van der Waals surface area (Å²) in [5.74, 6) is -0.0718. The van der Waals surface area contributed by atoms with Crippen LogP contribution in [0.5, 0.6) is 5.75 Å². The fraction of sp³-hybridized carbons (Fsp3) is 0.273. The van der Waals surface area contributed by atoms with Gasteiger partial charge in [0.2, 0.25) is 5.95 Å². The molecule has 1 heterocycles. The number of nitrogens with one attached hydrogen (secondary N) is 1. The number of anilines is 2. The molecule has 0 saturated heterocycles. The van der Waals surface area contributed by atoms with Crippen LogP contribution < -0.4 is 10.1 Å². The molecule has 1 aromatic heterocycles. The number of hydrogen-bond donors (Lipinski definition) is 1. The zero-order valence-electron chi connectivity index (χ0n) is 18.2. The standard InChI is InChI=1S/C22H24FN5O3S/c1-14(2)21(29)28-32(4,30)12-15-6-5-7-17(10-15)26-22-25-13-24-20(27-22)18-9-8-16(23)11-19(18)31-3/h5-11,13-14H,12H2,1-4H3,(H,24,25,26,27). The van der Waals surface area contributed by atoms with Crippen LogP contribution in [-0.2, 0) is 20.3 Å². The molecule has 1 N–H and O–H groups in total. The highest BCUT2D eigenvalue weighted by Crippen LogP contribution is 2.28. The van der Waals surface area contributed by atoms with Crippen LogP contribution in [0.1, 0.15) is 19.4 Å². The third-order valence-corrected chi connectivity index (χ3v) is 5.81. The van der Waals surface area contributed by atoms with E-state index in [4.69, 9.17) is 4.74 Å². The van der Waals surface area contributed by atoms with Gasteiger partial charge in [0, 0.05) is 23.9 Å². The maximum atomic E-state index is 13.5. The smallest absolute Gasteiger partial charge is 0.256 e. The summed E-state index contributed by atoms with van der Waals surface area (Å²) in [6, 6.07) is 11.3. The zero-order valence-corrected chi connectivity index (χ0v) is 19.0. The van der Waals surface area contributed by atoms with Gasteiger partial charge in [0.15, 0.2) is 5.82 Å². The molecule has 32 heavy (non-hydrogen) atoms. The minimum Gasteiger partial charge on any atom is -0.496 e. The van der Waals surface area contributed by atoms with Gasteiger partial charge in [-0.05, 0) is 29.8 Å². The van der Waals surface area contributed by atoms with E-state index in [1.165, 1.54) is 37.9 Å². The summed E-state index contributed by atoms with van der Waals surface area (Å²) in [7, 11) is -1.27. The Kier molecular flexibility index (Phi) is 7.14. The first-order valence-electron chi connectivity index (χ1n) is 9.79. The molecule has 10 heteroatoms. The summed E-state index contributed by atoms with van der Waals surface area (Å²) in [6.45, 7) is 3.44. The first-order valence-corrected chi connectivity index (χ1v) is 11.9. The van der Waals surface area contributed by atoms with Crippen molar-refractivity contribution in [2.45, 2.75) is 19.6 Å². The van der Waals surface area contributed by atoms with Crippen molar-refractivity contribution in [3.05, 3.63) is 60.2 Å². The molecule has 0 aliphatic carbocycles. The van der Waals surface area contributed by atoms with Crippen LogP contribution in [-0.4, -0.2) is 38.4 Å². The molecule has 3 rings (SSSR count). The van der Waals surface area contributed by atoms with Gasteiger partial charge in [0.25, 0.3) is 5.91 Å². The summed E-state index contributed by atoms with van der Waals surface area (Å²) in [4.78, 5) is 24.5. The van der Waals surface area contributed by atoms with Gasteiger partial charge in [-0.1, -0.05) is 26.0 Å². The molecule has 0 fully saturated rings. The number of amides is 1. The largest absolute Gasteiger partial charge is 0.496 e. The third-order valence-electron chi connectivity index (χ3n) is 4.37. The number of aromatic nitrogens is 3. The average molecular weight is 458 g/mol. The normalized spacial score (nSPS) is 12.8. The van der Waals surface area contributed by atoms with Crippen LogP contribution in [0.3, 0.4) is 0 Å². The number of nitrogens with zero attached hydrogens (tertiary/aromatic N) is 4. The maximum absolute atomic E-state index is 13.5. The number of benzene rings is 2. The van der Waals surface area contributed by atoms with Crippen LogP contribution in [0.4, 0.5) is 16.0 Å². The molecular weight excluding hydrogens is 433 g/mol. The van der Waals surface area contributed by atoms with Crippen molar-refractivity contribution in [1.29, 1.82) is 0 Å². The number of carbonyl (C=O) groups is 1. The van der Waals surface area contributed by atoms with E-state index in [-0.39, 0.29) is 23.5 Å². The second-order valence-corrected chi connectivity index (χ2v) is 9.88. The van der Waals surface area contributed by atoms with E-state index in [2.05, 4.69) is 24.6 Å². The van der Waals surface area contributed by atoms with E-state index in [9.17, 15) is 13.4 Å². The fourth-order valence-corrected chi connectivity index (χ4v) is 4.30. The number of hydrogen-bond acceptors (Lipinski definition) is 7. The van der Waals surface area contributed by atoms with E-state index < -0.39 is 15.5 Å². The van der Waals surface area contributed by atoms with Crippen molar-refractivity contribution in [3.8, 4) is 17.1 Å². The van der Waals surface area contributed by atoms with Gasteiger partial charge in [0.05, 0.1) is 28.2 Å². The van der Waals surface area contributed by atoms with Gasteiger partial charge < -0.3 is 10.1 Å². The highest BCUT2D eigenvalue weighted by Gasteiger charge is 2.13. The first kappa shape index (κ1) is 23.3. The Balaban J connectivity index is 1.83. The molecule has 3 aromatic rings. The highest BCUT2D eigenvalue weighted by atomic mass is 32.2. The molecule has 2 aromatic carbocycles. The summed E-state index contributed by atoms with van der Waals surface area (Å²) in [6.07, 6.45) is 2.81. The summed E-state index contributed by atoms with van der Waals surface area (Å²) in [5.41, 5.74) is 1.93. The third kappa shape index (κ3) is 6.07. The Morgan fingerprint density at radius 2 is 2.00 bits per heavy atom. The average Bonchev–Trinajstić information content (AvgIpc) is 2.73. The van der Waals surface area contributed by atoms with Crippen molar-refractivity contribution < 1.29 is 18.1 Å². The highest BCUT2D eigenvalue weighted by molar-refractivity contribution is 7.92. The summed E-state index contributed by atoms with van der Waals surface area (Å²) in [5, 5.41) is 3.08. The van der Waals surface area contributed by atoms with Gasteiger partial charge in [-0.2, -0.15) is 9.35 Å². The lowest BCUT2D eigenvalue weighted by atomic mass is 10.2. The second kappa shape index (κ2) is 9.82. The minimum atomic E-state index is -2.71. The molecule has 0 radical (unpaired) electrons. The van der Waals surface area contributed by atoms with Gasteiger partial charge >= 0.3 is 0 Å². The molecule has 1 atom stereocenters. The number of carbonyl (C=O) groups excluding carboxylic acids is 1. The quantitative estimate of drug-likeness (QED) is 0.566. The monoisotopic (exact) mass is 457 g/mol. The molecular formula is C22H24FN5O3S. The maximum Gasteiger partial charge on any atom is 0.256 e. The molecule has 8 nitrogen and oxygen atoms in total. The van der Waals surface area contributed by atoms with Crippen LogP contribution in [0.15, 0.2) is 53.2 Å². The Labute approximate surface area is 186 Å². The summed E-state index contributed by atoms with van der Waals surface area (Å²) >= 11 is 0. The van der Waals surface area contributed by atoms with Crippen LogP contribution in [0.2, 0.25) is 0 Å². The van der Waals surface area contributed by atoms with E-state index in [0.29, 0.717) is 22.8 Å². The van der Waals surface area contributed by atoms with E-state index in [1.54, 1.807) is 32.0 Å². The van der Waals surface area contributed by atoms with Crippen molar-refractivity contribution >= 4 is 27.3 Å². The molecule has 0 bridgehead atoms. The Hall–Kier alpha value is -3.40. The van der Waals surface area contributed by atoms with Crippen LogP contribution >= 0.6 is 0 Å². The van der Waals surface area contributed by atoms with Crippen molar-refractivity contribution in [2.24, 2.45) is 10.3 Å². The fourth-order valence-electron chi connectivity index (χ4n) is 2.84. The van der Waals surface area contributed by atoms with E-state index in [0.717, 1.165) is 5.56 Å². The predicted molar refractivity (Wildman–Crippen MR) is 122 cm³/mol. The molecule has 1 unspecified atom stereocenters. The molecule has 0 aliphatic heterocycles. The molecule has 0 spiro atoms. The SMILES string of the molecule is COc1cc(F)ccc1-c1ncnc(Nc2cccc(CS(C)(=O)=NC(=O)C(C)C)c2)n1. The van der Waals surface area contributed by atoms with E-state index in [1.807, 2.05) is 6.07 Å². The van der Waals surface area contributed by atoms with Gasteiger partial charge in [0.1, 0.15) is 17.9 Å². The summed E-state index contributed by atoms with van der Waals surface area (Å²) < 4.78 is 35.3. The predicted octanol–water partition coefficient (Wildman–Crippen LogP) is 4.21. The van der Waals surface area contributed by atoms with Gasteiger partial charge in [-0.3, -0.25) is 4.79 Å². The lowest BCUT2D eigenvalue weighted by Gasteiger charge is -2.10. The Morgan fingerprint density at radius 1 is 1.22 bits per heavy atom. The number of ether oxygens (including phenoxy) is 1. The van der Waals surface area contributed by atoms with Crippen molar-refractivity contribution in [3.63, 3.8) is 0 Å². The van der Waals surface area contributed by atoms with E-state index >= 15 is 0 Å². The molecule has 0 saturated carbocycles. The number of rotatable bonds is 7. The van der Waals surface area contributed by atoms with Crippen LogP contribution in [0.25, 0.3) is 11.4 Å². The second-order valence-electron chi connectivity index (χ2n) is 7.49. The Morgan fingerprint density at radius 3 is 2.72 bits per heavy atom. The van der Waals surface area contributed by atoms with Crippen molar-refractivity contribution in [2.75, 3.05) is 18.7 Å². The topological polar surface area (TPSA) is 106 Å². The number of halogens is 1. The molecule has 0 aliphatic rings. The first-order chi connectivity index (χ1) is 15.2. The molecule has 168 valence electrons. The lowest BCUT2D eigenvalue weighted by Crippen LogP contribution is -2.10. The van der Waals surface area contributed by atoms with Crippen molar-refractivity contribution in [1.82, 2.24) is 15.0 Å². The Bertz CT molecular complexity index is 1260. The minimum absolute atomic E-state index is 0.135. The zero-order chi connectivity index (χ0) is 23.3. The molecule has 1 amide bonds.